The van der Waals surface area contributed by atoms with Gasteiger partial charge in [0.2, 0.25) is 12.2 Å². The summed E-state index contributed by atoms with van der Waals surface area (Å²) < 4.78 is 0. The number of unbranched alkanes of at least 4 members (excludes halogenated alkanes) is 11. The van der Waals surface area contributed by atoms with E-state index < -0.39 is 11.9 Å². The Morgan fingerprint density at radius 3 is 1.71 bits per heavy atom. The summed E-state index contributed by atoms with van der Waals surface area (Å²) >= 11 is 0. The Kier molecular flexibility index (Phi) is 16.1. The molecular weight excluding hydrogens is 434 g/mol. The third-order valence-electron chi connectivity index (χ3n) is 5.90. The first kappa shape index (κ1) is 29.3. The van der Waals surface area contributed by atoms with Crippen molar-refractivity contribution in [3.8, 4) is 0 Å². The number of carbonyl (C=O) groups is 3. The van der Waals surface area contributed by atoms with Crippen molar-refractivity contribution in [1.82, 2.24) is 4.90 Å². The minimum atomic E-state index is -0.939. The molecule has 0 bridgehead atoms. The Morgan fingerprint density at radius 1 is 0.706 bits per heavy atom. The number of carbonyl (C=O) groups excluding carboxylic acids is 2. The molecule has 1 rings (SSSR count). The summed E-state index contributed by atoms with van der Waals surface area (Å²) in [6.45, 7) is 0.448. The van der Waals surface area contributed by atoms with E-state index in [9.17, 15) is 19.2 Å². The fraction of sp³-hybridized carbons (Fsp3) is 0.630. The molecule has 0 fully saturated rings. The van der Waals surface area contributed by atoms with E-state index in [-0.39, 0.29) is 25.3 Å². The summed E-state index contributed by atoms with van der Waals surface area (Å²) in [4.78, 5) is 46.5. The number of hydrogen-bond acceptors (Lipinski definition) is 4. The first-order chi connectivity index (χ1) is 16.4. The highest BCUT2D eigenvalue weighted by Crippen LogP contribution is 2.15. The van der Waals surface area contributed by atoms with Gasteiger partial charge >= 0.3 is 11.9 Å². The van der Waals surface area contributed by atoms with Crippen LogP contribution in [0.3, 0.4) is 0 Å². The second kappa shape index (κ2) is 18.7. The molecule has 1 amide bonds. The van der Waals surface area contributed by atoms with Gasteiger partial charge in [0.05, 0.1) is 6.42 Å². The van der Waals surface area contributed by atoms with Crippen LogP contribution in [-0.2, 0) is 25.7 Å². The van der Waals surface area contributed by atoms with Crippen molar-refractivity contribution in [2.24, 2.45) is 0 Å². The lowest BCUT2D eigenvalue weighted by Gasteiger charge is -2.22. The molecule has 0 aliphatic carbocycles. The average Bonchev–Trinajstić information content (AvgIpc) is 2.81. The second-order valence-electron chi connectivity index (χ2n) is 8.90. The molecule has 0 saturated heterocycles. The van der Waals surface area contributed by atoms with Crippen molar-refractivity contribution < 1.29 is 29.4 Å². The van der Waals surface area contributed by atoms with Crippen molar-refractivity contribution in [3.63, 3.8) is 0 Å². The van der Waals surface area contributed by atoms with Crippen LogP contribution in [0.4, 0.5) is 0 Å². The van der Waals surface area contributed by atoms with Crippen molar-refractivity contribution in [1.29, 1.82) is 0 Å². The monoisotopic (exact) mass is 474 g/mol. The normalized spacial score (nSPS) is 10.7. The van der Waals surface area contributed by atoms with Gasteiger partial charge in [0.1, 0.15) is 0 Å². The van der Waals surface area contributed by atoms with Gasteiger partial charge in [-0.15, -0.1) is 0 Å². The molecule has 7 heteroatoms. The van der Waals surface area contributed by atoms with E-state index in [2.05, 4.69) is 0 Å². The van der Waals surface area contributed by atoms with E-state index in [1.807, 2.05) is 12.4 Å². The molecule has 1 aromatic rings. The maximum Gasteiger partial charge on any atom is 0.305 e. The highest BCUT2D eigenvalue weighted by Gasteiger charge is 2.15. The van der Waals surface area contributed by atoms with Crippen molar-refractivity contribution in [3.05, 3.63) is 35.4 Å². The summed E-state index contributed by atoms with van der Waals surface area (Å²) in [5, 5.41) is 17.6. The molecule has 0 saturated carbocycles. The molecule has 0 aromatic heterocycles. The number of carboxylic acids is 2. The predicted molar refractivity (Wildman–Crippen MR) is 131 cm³/mol. The van der Waals surface area contributed by atoms with Crippen molar-refractivity contribution in [2.75, 3.05) is 6.54 Å². The standard InChI is InChI=1S/C27H40NO6/c29-22-24-15-13-14-23(20-24)21-28(19-18-27(33)34)25(30)16-11-9-7-5-3-1-2-4-6-8-10-12-17-26(31)32/h13-15,20H,1-12,16-19,21H2,(H,31,32)(H,33,34). The lowest BCUT2D eigenvalue weighted by molar-refractivity contribution is -0.139. The maximum absolute atomic E-state index is 12.7. The van der Waals surface area contributed by atoms with E-state index in [0.29, 0.717) is 18.5 Å². The van der Waals surface area contributed by atoms with Crippen LogP contribution >= 0.6 is 0 Å². The Labute approximate surface area is 203 Å². The molecular formula is C27H40NO6. The van der Waals surface area contributed by atoms with Crippen LogP contribution in [-0.4, -0.2) is 45.8 Å². The van der Waals surface area contributed by atoms with Gasteiger partial charge in [-0.25, -0.2) is 0 Å². The summed E-state index contributed by atoms with van der Waals surface area (Å²) in [7, 11) is 0. The van der Waals surface area contributed by atoms with Gasteiger partial charge in [0.25, 0.3) is 0 Å². The lowest BCUT2D eigenvalue weighted by Crippen LogP contribution is -2.32. The fourth-order valence-corrected chi connectivity index (χ4v) is 3.95. The zero-order chi connectivity index (χ0) is 25.0. The number of amides is 1. The quantitative estimate of drug-likeness (QED) is 0.228. The van der Waals surface area contributed by atoms with E-state index in [4.69, 9.17) is 10.2 Å². The molecule has 2 N–H and O–H groups in total. The van der Waals surface area contributed by atoms with E-state index in [1.165, 1.54) is 32.1 Å². The molecule has 0 aliphatic heterocycles. The highest BCUT2D eigenvalue weighted by atomic mass is 16.4. The Balaban J connectivity index is 2.16. The van der Waals surface area contributed by atoms with Gasteiger partial charge in [0.15, 0.2) is 0 Å². The van der Waals surface area contributed by atoms with Gasteiger partial charge < -0.3 is 15.1 Å². The van der Waals surface area contributed by atoms with Crippen LogP contribution in [0, 0.1) is 0 Å². The second-order valence-corrected chi connectivity index (χ2v) is 8.90. The first-order valence-electron chi connectivity index (χ1n) is 12.6. The Bertz CT molecular complexity index is 748. The third kappa shape index (κ3) is 15.2. The van der Waals surface area contributed by atoms with Gasteiger partial charge in [-0.3, -0.25) is 19.2 Å². The molecule has 0 heterocycles. The number of aliphatic carboxylic acids is 2. The summed E-state index contributed by atoms with van der Waals surface area (Å²) in [5.41, 5.74) is 1.21. The number of rotatable bonds is 21. The van der Waals surface area contributed by atoms with Gasteiger partial charge in [0, 0.05) is 31.5 Å². The van der Waals surface area contributed by atoms with Crippen LogP contribution in [0.15, 0.2) is 24.3 Å². The summed E-state index contributed by atoms with van der Waals surface area (Å²) in [6.07, 6.45) is 15.4. The van der Waals surface area contributed by atoms with E-state index in [1.54, 1.807) is 23.1 Å². The van der Waals surface area contributed by atoms with Gasteiger partial charge in [-0.05, 0) is 24.5 Å². The topological polar surface area (TPSA) is 112 Å². The minimum Gasteiger partial charge on any atom is -0.481 e. The molecule has 1 aromatic carbocycles. The molecule has 189 valence electrons. The molecule has 0 aliphatic rings. The van der Waals surface area contributed by atoms with Crippen LogP contribution < -0.4 is 0 Å². The maximum atomic E-state index is 12.7. The van der Waals surface area contributed by atoms with E-state index in [0.717, 1.165) is 50.5 Å². The zero-order valence-electron chi connectivity index (χ0n) is 20.3. The van der Waals surface area contributed by atoms with Crippen LogP contribution in [0.2, 0.25) is 0 Å². The van der Waals surface area contributed by atoms with Crippen LogP contribution in [0.5, 0.6) is 0 Å². The molecule has 7 nitrogen and oxygen atoms in total. The molecule has 34 heavy (non-hydrogen) atoms. The summed E-state index contributed by atoms with van der Waals surface area (Å²) in [6, 6.07) is 6.87. The number of benzene rings is 1. The Morgan fingerprint density at radius 2 is 1.21 bits per heavy atom. The average molecular weight is 475 g/mol. The number of hydrogen-bond donors (Lipinski definition) is 2. The fourth-order valence-electron chi connectivity index (χ4n) is 3.95. The first-order valence-corrected chi connectivity index (χ1v) is 12.6. The van der Waals surface area contributed by atoms with Crippen molar-refractivity contribution in [2.45, 2.75) is 103 Å². The molecule has 0 spiro atoms. The largest absolute Gasteiger partial charge is 0.481 e. The predicted octanol–water partition coefficient (Wildman–Crippen LogP) is 5.49. The van der Waals surface area contributed by atoms with Crippen LogP contribution in [0.1, 0.15) is 107 Å². The Hall–Kier alpha value is -2.70. The smallest absolute Gasteiger partial charge is 0.305 e. The van der Waals surface area contributed by atoms with Gasteiger partial charge in [-0.1, -0.05) is 82.4 Å². The highest BCUT2D eigenvalue weighted by molar-refractivity contribution is 5.77. The molecule has 1 radical (unpaired) electrons. The zero-order valence-corrected chi connectivity index (χ0v) is 20.3. The lowest BCUT2D eigenvalue weighted by atomic mass is 10.0. The van der Waals surface area contributed by atoms with Crippen LogP contribution in [0.25, 0.3) is 0 Å². The van der Waals surface area contributed by atoms with E-state index >= 15 is 0 Å². The van der Waals surface area contributed by atoms with Gasteiger partial charge in [-0.2, -0.15) is 0 Å². The summed E-state index contributed by atoms with van der Waals surface area (Å²) in [5.74, 6) is -1.70. The minimum absolute atomic E-state index is 0.0508. The SMILES string of the molecule is O=[C]c1cccc(CN(CCC(=O)O)C(=O)CCCCCCCCCCCCCCC(=O)O)c1. The molecule has 0 atom stereocenters. The number of nitrogens with zero attached hydrogens (tertiary/aromatic N) is 1. The third-order valence-corrected chi connectivity index (χ3v) is 5.90. The van der Waals surface area contributed by atoms with Crippen molar-refractivity contribution >= 4 is 24.1 Å². The molecule has 0 unspecified atom stereocenters. The number of carboxylic acid groups (broad SMARTS) is 2.